The maximum atomic E-state index is 12.2. The van der Waals surface area contributed by atoms with Crippen LogP contribution in [0, 0.1) is 5.92 Å². The lowest BCUT2D eigenvalue weighted by molar-refractivity contribution is -0.137. The van der Waals surface area contributed by atoms with Crippen LogP contribution in [-0.4, -0.2) is 28.0 Å². The smallest absolute Gasteiger partial charge is 0.305 e. The molecule has 0 aliphatic carbocycles. The van der Waals surface area contributed by atoms with Gasteiger partial charge in [0.15, 0.2) is 0 Å². The van der Waals surface area contributed by atoms with Crippen LogP contribution in [0.1, 0.15) is 30.6 Å². The van der Waals surface area contributed by atoms with Crippen LogP contribution < -0.4 is 5.32 Å². The molecule has 5 heteroatoms. The molecule has 1 amide bonds. The van der Waals surface area contributed by atoms with Crippen LogP contribution in [0.2, 0.25) is 0 Å². The highest BCUT2D eigenvalue weighted by atomic mass is 16.4. The van der Waals surface area contributed by atoms with Crippen molar-refractivity contribution in [3.63, 3.8) is 0 Å². The van der Waals surface area contributed by atoms with Crippen molar-refractivity contribution in [2.75, 3.05) is 0 Å². The molecule has 0 saturated carbocycles. The van der Waals surface area contributed by atoms with E-state index in [2.05, 4.69) is 10.3 Å². The molecule has 1 atom stereocenters. The Kier molecular flexibility index (Phi) is 4.08. The monoisotopic (exact) mass is 274 g/mol. The number of H-pyrrole nitrogens is 1. The summed E-state index contributed by atoms with van der Waals surface area (Å²) in [4.78, 5) is 26.1. The molecule has 2 rings (SSSR count). The van der Waals surface area contributed by atoms with E-state index in [9.17, 15) is 9.59 Å². The van der Waals surface area contributed by atoms with Gasteiger partial charge in [0.2, 0.25) is 0 Å². The minimum absolute atomic E-state index is 0.0595. The first-order valence-electron chi connectivity index (χ1n) is 6.57. The second-order valence-corrected chi connectivity index (χ2v) is 5.20. The van der Waals surface area contributed by atoms with E-state index in [-0.39, 0.29) is 24.3 Å². The van der Waals surface area contributed by atoms with Crippen molar-refractivity contribution in [2.24, 2.45) is 5.92 Å². The molecule has 0 saturated heterocycles. The van der Waals surface area contributed by atoms with Crippen molar-refractivity contribution in [2.45, 2.75) is 26.3 Å². The Balaban J connectivity index is 2.14. The summed E-state index contributed by atoms with van der Waals surface area (Å²) in [5.74, 6) is -1.10. The Morgan fingerprint density at radius 2 is 2.05 bits per heavy atom. The first kappa shape index (κ1) is 14.1. The topological polar surface area (TPSA) is 82.2 Å². The number of hydrogen-bond acceptors (Lipinski definition) is 2. The minimum Gasteiger partial charge on any atom is -0.481 e. The zero-order valence-corrected chi connectivity index (χ0v) is 11.5. The van der Waals surface area contributed by atoms with Gasteiger partial charge >= 0.3 is 5.97 Å². The number of carbonyl (C=O) groups excluding carboxylic acids is 1. The Morgan fingerprint density at radius 1 is 1.30 bits per heavy atom. The van der Waals surface area contributed by atoms with Crippen molar-refractivity contribution >= 4 is 22.8 Å². The van der Waals surface area contributed by atoms with Crippen molar-refractivity contribution in [1.82, 2.24) is 10.3 Å². The van der Waals surface area contributed by atoms with Gasteiger partial charge in [0.25, 0.3) is 5.91 Å². The van der Waals surface area contributed by atoms with Gasteiger partial charge in [-0.15, -0.1) is 0 Å². The number of aliphatic carboxylic acids is 1. The SMILES string of the molecule is CC(C)C(CC(=O)O)NC(=O)c1ccc2cc[nH]c2c1. The third-order valence-electron chi connectivity index (χ3n) is 3.33. The molecule has 5 nitrogen and oxygen atoms in total. The van der Waals surface area contributed by atoms with Crippen molar-refractivity contribution in [3.8, 4) is 0 Å². The summed E-state index contributed by atoms with van der Waals surface area (Å²) in [6.45, 7) is 3.78. The highest BCUT2D eigenvalue weighted by Crippen LogP contribution is 2.15. The Morgan fingerprint density at radius 3 is 2.70 bits per heavy atom. The molecule has 0 spiro atoms. The first-order chi connectivity index (χ1) is 9.47. The molecule has 0 radical (unpaired) electrons. The van der Waals surface area contributed by atoms with Crippen LogP contribution in [-0.2, 0) is 4.79 Å². The van der Waals surface area contributed by atoms with Gasteiger partial charge in [-0.3, -0.25) is 9.59 Å². The minimum atomic E-state index is -0.913. The predicted octanol–water partition coefficient (Wildman–Crippen LogP) is 2.40. The van der Waals surface area contributed by atoms with E-state index in [1.165, 1.54) is 0 Å². The highest BCUT2D eigenvalue weighted by Gasteiger charge is 2.20. The van der Waals surface area contributed by atoms with Crippen LogP contribution in [0.25, 0.3) is 10.9 Å². The molecule has 1 aromatic carbocycles. The molecule has 0 aliphatic rings. The van der Waals surface area contributed by atoms with E-state index in [1.54, 1.807) is 12.1 Å². The van der Waals surface area contributed by atoms with Crippen LogP contribution in [0.4, 0.5) is 0 Å². The van der Waals surface area contributed by atoms with Crippen LogP contribution in [0.5, 0.6) is 0 Å². The molecule has 1 unspecified atom stereocenters. The van der Waals surface area contributed by atoms with Gasteiger partial charge in [-0.1, -0.05) is 19.9 Å². The molecule has 1 aromatic heterocycles. The maximum absolute atomic E-state index is 12.2. The average molecular weight is 274 g/mol. The second-order valence-electron chi connectivity index (χ2n) is 5.20. The fourth-order valence-electron chi connectivity index (χ4n) is 2.08. The largest absolute Gasteiger partial charge is 0.481 e. The molecule has 1 heterocycles. The van der Waals surface area contributed by atoms with E-state index in [4.69, 9.17) is 5.11 Å². The van der Waals surface area contributed by atoms with Crippen LogP contribution in [0.3, 0.4) is 0 Å². The summed E-state index contributed by atoms with van der Waals surface area (Å²) in [7, 11) is 0. The van der Waals surface area contributed by atoms with E-state index in [0.29, 0.717) is 5.56 Å². The van der Waals surface area contributed by atoms with Gasteiger partial charge in [-0.05, 0) is 29.5 Å². The lowest BCUT2D eigenvalue weighted by Gasteiger charge is -2.20. The lowest BCUT2D eigenvalue weighted by Crippen LogP contribution is -2.40. The van der Waals surface area contributed by atoms with Gasteiger partial charge in [-0.2, -0.15) is 0 Å². The summed E-state index contributed by atoms with van der Waals surface area (Å²) in [5.41, 5.74) is 1.41. The maximum Gasteiger partial charge on any atom is 0.305 e. The summed E-state index contributed by atoms with van der Waals surface area (Å²) in [6, 6.07) is 6.92. The van der Waals surface area contributed by atoms with E-state index in [0.717, 1.165) is 10.9 Å². The van der Waals surface area contributed by atoms with E-state index < -0.39 is 5.97 Å². The molecule has 2 aromatic rings. The Labute approximate surface area is 117 Å². The number of rotatable bonds is 5. The summed E-state index contributed by atoms with van der Waals surface area (Å²) in [5, 5.41) is 12.7. The standard InChI is InChI=1S/C15H18N2O3/c1-9(2)12(8-14(18)19)17-15(20)11-4-3-10-5-6-16-13(10)7-11/h3-7,9,12,16H,8H2,1-2H3,(H,17,20)(H,18,19). The molecule has 3 N–H and O–H groups in total. The summed E-state index contributed by atoms with van der Waals surface area (Å²) >= 11 is 0. The van der Waals surface area contributed by atoms with E-state index in [1.807, 2.05) is 32.2 Å². The second kappa shape index (κ2) is 5.77. The number of nitrogens with one attached hydrogen (secondary N) is 2. The van der Waals surface area contributed by atoms with Gasteiger partial charge in [-0.25, -0.2) is 0 Å². The number of amides is 1. The number of aromatic amines is 1. The van der Waals surface area contributed by atoms with Gasteiger partial charge in [0.1, 0.15) is 0 Å². The van der Waals surface area contributed by atoms with Gasteiger partial charge < -0.3 is 15.4 Å². The Hall–Kier alpha value is -2.30. The zero-order chi connectivity index (χ0) is 14.7. The van der Waals surface area contributed by atoms with Crippen LogP contribution >= 0.6 is 0 Å². The molecule has 0 fully saturated rings. The molecular weight excluding hydrogens is 256 g/mol. The number of benzene rings is 1. The molecule has 20 heavy (non-hydrogen) atoms. The first-order valence-corrected chi connectivity index (χ1v) is 6.57. The number of aromatic nitrogens is 1. The lowest BCUT2D eigenvalue weighted by atomic mass is 10.0. The number of carbonyl (C=O) groups is 2. The predicted molar refractivity (Wildman–Crippen MR) is 76.6 cm³/mol. The average Bonchev–Trinajstić information content (AvgIpc) is 2.84. The zero-order valence-electron chi connectivity index (χ0n) is 11.5. The van der Waals surface area contributed by atoms with Crippen molar-refractivity contribution in [1.29, 1.82) is 0 Å². The Bertz CT molecular complexity index is 631. The summed E-state index contributed by atoms with van der Waals surface area (Å²) in [6.07, 6.45) is 1.74. The number of hydrogen-bond donors (Lipinski definition) is 3. The summed E-state index contributed by atoms with van der Waals surface area (Å²) < 4.78 is 0. The number of fused-ring (bicyclic) bond motifs is 1. The van der Waals surface area contributed by atoms with Crippen molar-refractivity contribution in [3.05, 3.63) is 36.0 Å². The fraction of sp³-hybridized carbons (Fsp3) is 0.333. The molecule has 106 valence electrons. The third-order valence-corrected chi connectivity index (χ3v) is 3.33. The van der Waals surface area contributed by atoms with Crippen molar-refractivity contribution < 1.29 is 14.7 Å². The van der Waals surface area contributed by atoms with Gasteiger partial charge in [0, 0.05) is 23.3 Å². The molecule has 0 bridgehead atoms. The molecule has 0 aliphatic heterocycles. The normalized spacial score (nSPS) is 12.6. The quantitative estimate of drug-likeness (QED) is 0.783. The van der Waals surface area contributed by atoms with Crippen LogP contribution in [0.15, 0.2) is 30.5 Å². The molecular formula is C15H18N2O3. The fourth-order valence-corrected chi connectivity index (χ4v) is 2.08. The number of carboxylic acid groups (broad SMARTS) is 1. The number of carboxylic acids is 1. The third kappa shape index (κ3) is 3.17. The van der Waals surface area contributed by atoms with E-state index >= 15 is 0 Å². The highest BCUT2D eigenvalue weighted by molar-refractivity contribution is 5.98. The van der Waals surface area contributed by atoms with Gasteiger partial charge in [0.05, 0.1) is 6.42 Å².